The van der Waals surface area contributed by atoms with Crippen LogP contribution in [-0.4, -0.2) is 4.98 Å². The van der Waals surface area contributed by atoms with Gasteiger partial charge < -0.3 is 9.40 Å². The minimum atomic E-state index is 0.934. The lowest BCUT2D eigenvalue weighted by Crippen LogP contribution is -1.70. The summed E-state index contributed by atoms with van der Waals surface area (Å²) >= 11 is 0. The molecule has 0 aliphatic rings. The zero-order valence-corrected chi connectivity index (χ0v) is 10.6. The van der Waals surface area contributed by atoms with Crippen LogP contribution < -0.4 is 0 Å². The van der Waals surface area contributed by atoms with Crippen molar-refractivity contribution in [1.29, 1.82) is 0 Å². The van der Waals surface area contributed by atoms with Gasteiger partial charge in [-0.05, 0) is 18.2 Å². The standard InChI is InChI=1S/C18H10NO/c1-3-7-13-11(5-1)17-14(19-13)9-10-16-18(17)12-6-2-4-8-15(12)20-16/h1-6,8-10,19H. The molecule has 0 saturated heterocycles. The van der Waals surface area contributed by atoms with E-state index in [1.54, 1.807) is 0 Å². The van der Waals surface area contributed by atoms with E-state index in [-0.39, 0.29) is 0 Å². The first kappa shape index (κ1) is 10.1. The molecule has 0 bridgehead atoms. The summed E-state index contributed by atoms with van der Waals surface area (Å²) in [7, 11) is 0. The SMILES string of the molecule is [c]1cccc2c1[nH]c1ccc3oc4ccccc4c3c12. The highest BCUT2D eigenvalue weighted by molar-refractivity contribution is 6.26. The maximum absolute atomic E-state index is 5.95. The van der Waals surface area contributed by atoms with Crippen molar-refractivity contribution < 1.29 is 4.42 Å². The van der Waals surface area contributed by atoms with Gasteiger partial charge >= 0.3 is 0 Å². The van der Waals surface area contributed by atoms with Crippen LogP contribution in [0.15, 0.2) is 59.0 Å². The van der Waals surface area contributed by atoms with Gasteiger partial charge in [0.15, 0.2) is 0 Å². The lowest BCUT2D eigenvalue weighted by molar-refractivity contribution is 0.669. The number of benzene rings is 3. The quantitative estimate of drug-likeness (QED) is 0.414. The molecule has 0 atom stereocenters. The minimum Gasteiger partial charge on any atom is -0.456 e. The molecule has 0 aliphatic carbocycles. The maximum atomic E-state index is 5.95. The van der Waals surface area contributed by atoms with Crippen molar-refractivity contribution in [2.75, 3.05) is 0 Å². The first-order valence-electron chi connectivity index (χ1n) is 6.64. The summed E-state index contributed by atoms with van der Waals surface area (Å²) in [5, 5.41) is 4.76. The van der Waals surface area contributed by atoms with Gasteiger partial charge in [-0.3, -0.25) is 0 Å². The minimum absolute atomic E-state index is 0.934. The Morgan fingerprint density at radius 3 is 2.70 bits per heavy atom. The molecule has 0 fully saturated rings. The van der Waals surface area contributed by atoms with Gasteiger partial charge in [0.1, 0.15) is 11.2 Å². The smallest absolute Gasteiger partial charge is 0.136 e. The molecule has 1 radical (unpaired) electrons. The van der Waals surface area contributed by atoms with E-state index in [4.69, 9.17) is 4.42 Å². The Labute approximate surface area is 114 Å². The van der Waals surface area contributed by atoms with Crippen LogP contribution in [0.25, 0.3) is 43.7 Å². The van der Waals surface area contributed by atoms with Crippen molar-refractivity contribution in [2.24, 2.45) is 0 Å². The van der Waals surface area contributed by atoms with Crippen LogP contribution in [0.3, 0.4) is 0 Å². The lowest BCUT2D eigenvalue weighted by atomic mass is 10.1. The molecule has 2 aromatic heterocycles. The third-order valence-corrected chi connectivity index (χ3v) is 3.93. The predicted octanol–water partition coefficient (Wildman–Crippen LogP) is 5.02. The van der Waals surface area contributed by atoms with Crippen molar-refractivity contribution in [3.63, 3.8) is 0 Å². The number of H-pyrrole nitrogens is 1. The van der Waals surface area contributed by atoms with Crippen LogP contribution in [0.4, 0.5) is 0 Å². The summed E-state index contributed by atoms with van der Waals surface area (Å²) in [5.41, 5.74) is 4.04. The second kappa shape index (κ2) is 3.42. The number of hydrogen-bond acceptors (Lipinski definition) is 1. The van der Waals surface area contributed by atoms with Crippen molar-refractivity contribution in [1.82, 2.24) is 4.98 Å². The van der Waals surface area contributed by atoms with Crippen LogP contribution >= 0.6 is 0 Å². The number of nitrogens with one attached hydrogen (secondary N) is 1. The molecule has 20 heavy (non-hydrogen) atoms. The normalized spacial score (nSPS) is 12.0. The Kier molecular flexibility index (Phi) is 1.73. The van der Waals surface area contributed by atoms with Crippen LogP contribution in [0, 0.1) is 6.07 Å². The monoisotopic (exact) mass is 256 g/mol. The van der Waals surface area contributed by atoms with Crippen molar-refractivity contribution in [2.45, 2.75) is 0 Å². The van der Waals surface area contributed by atoms with Gasteiger partial charge in [-0.1, -0.05) is 36.4 Å². The summed E-state index contributed by atoms with van der Waals surface area (Å²) in [4.78, 5) is 3.43. The zero-order valence-electron chi connectivity index (χ0n) is 10.6. The van der Waals surface area contributed by atoms with Gasteiger partial charge in [0, 0.05) is 33.1 Å². The molecule has 0 spiro atoms. The fourth-order valence-electron chi connectivity index (χ4n) is 3.08. The largest absolute Gasteiger partial charge is 0.456 e. The van der Waals surface area contributed by atoms with Gasteiger partial charge in [0.25, 0.3) is 0 Å². The number of aromatic amines is 1. The molecule has 0 unspecified atom stereocenters. The first-order chi connectivity index (χ1) is 9.92. The Morgan fingerprint density at radius 2 is 1.70 bits per heavy atom. The summed E-state index contributed by atoms with van der Waals surface area (Å²) in [5.74, 6) is 0. The van der Waals surface area contributed by atoms with Gasteiger partial charge in [-0.2, -0.15) is 0 Å². The van der Waals surface area contributed by atoms with Crippen LogP contribution in [0.1, 0.15) is 0 Å². The van der Waals surface area contributed by atoms with E-state index < -0.39 is 0 Å². The Morgan fingerprint density at radius 1 is 0.800 bits per heavy atom. The number of para-hydroxylation sites is 2. The van der Waals surface area contributed by atoms with Crippen molar-refractivity contribution in [3.8, 4) is 0 Å². The highest BCUT2D eigenvalue weighted by Crippen LogP contribution is 2.37. The molecule has 5 aromatic rings. The van der Waals surface area contributed by atoms with Crippen molar-refractivity contribution in [3.05, 3.63) is 60.7 Å². The average molecular weight is 256 g/mol. The highest BCUT2D eigenvalue weighted by Gasteiger charge is 2.13. The number of rotatable bonds is 0. The van der Waals surface area contributed by atoms with Crippen molar-refractivity contribution >= 4 is 43.7 Å². The highest BCUT2D eigenvalue weighted by atomic mass is 16.3. The second-order valence-electron chi connectivity index (χ2n) is 5.04. The second-order valence-corrected chi connectivity index (χ2v) is 5.04. The Balaban J connectivity index is 2.19. The third-order valence-electron chi connectivity index (χ3n) is 3.93. The lowest BCUT2D eigenvalue weighted by Gasteiger charge is -1.94. The number of hydrogen-bond donors (Lipinski definition) is 1. The molecular formula is C18H10NO. The van der Waals surface area contributed by atoms with Crippen LogP contribution in [-0.2, 0) is 0 Å². The van der Waals surface area contributed by atoms with Crippen LogP contribution in [0.2, 0.25) is 0 Å². The molecule has 0 saturated carbocycles. The number of furan rings is 1. The van der Waals surface area contributed by atoms with E-state index in [1.807, 2.05) is 30.3 Å². The molecule has 2 nitrogen and oxygen atoms in total. The fraction of sp³-hybridized carbons (Fsp3) is 0. The van der Waals surface area contributed by atoms with Gasteiger partial charge in [-0.15, -0.1) is 0 Å². The van der Waals surface area contributed by atoms with E-state index in [0.717, 1.165) is 27.6 Å². The molecule has 2 heteroatoms. The van der Waals surface area contributed by atoms with Gasteiger partial charge in [-0.25, -0.2) is 0 Å². The van der Waals surface area contributed by atoms with Gasteiger partial charge in [0.05, 0.1) is 5.52 Å². The zero-order chi connectivity index (χ0) is 13.1. The summed E-state index contributed by atoms with van der Waals surface area (Å²) in [6.45, 7) is 0. The predicted molar refractivity (Wildman–Crippen MR) is 81.9 cm³/mol. The van der Waals surface area contributed by atoms with E-state index in [0.29, 0.717) is 0 Å². The summed E-state index contributed by atoms with van der Waals surface area (Å²) in [6, 6.07) is 21.7. The van der Waals surface area contributed by atoms with Gasteiger partial charge in [0.2, 0.25) is 0 Å². The molecule has 2 heterocycles. The molecule has 5 rings (SSSR count). The number of aromatic nitrogens is 1. The molecule has 0 aliphatic heterocycles. The topological polar surface area (TPSA) is 28.9 Å². The molecule has 93 valence electrons. The molecule has 3 aromatic carbocycles. The van der Waals surface area contributed by atoms with E-state index in [1.165, 1.54) is 16.2 Å². The van der Waals surface area contributed by atoms with E-state index in [2.05, 4.69) is 35.3 Å². The molecule has 1 N–H and O–H groups in total. The first-order valence-corrected chi connectivity index (χ1v) is 6.64. The average Bonchev–Trinajstić information content (AvgIpc) is 3.04. The number of fused-ring (bicyclic) bond motifs is 7. The maximum Gasteiger partial charge on any atom is 0.136 e. The van der Waals surface area contributed by atoms with E-state index in [9.17, 15) is 0 Å². The van der Waals surface area contributed by atoms with Crippen LogP contribution in [0.5, 0.6) is 0 Å². The van der Waals surface area contributed by atoms with E-state index >= 15 is 0 Å². The summed E-state index contributed by atoms with van der Waals surface area (Å²) < 4.78 is 5.95. The molecule has 0 amide bonds. The summed E-state index contributed by atoms with van der Waals surface area (Å²) in [6.07, 6.45) is 0. The third kappa shape index (κ3) is 1.14. The Bertz CT molecular complexity index is 1010. The Hall–Kier alpha value is -2.74. The fourth-order valence-corrected chi connectivity index (χ4v) is 3.08. The molecular weight excluding hydrogens is 246 g/mol.